The highest BCUT2D eigenvalue weighted by Crippen LogP contribution is 1.97. The largest absolute Gasteiger partial charge is 0.338 e. The van der Waals surface area contributed by atoms with Crippen molar-refractivity contribution in [3.05, 3.63) is 0 Å². The van der Waals surface area contributed by atoms with Crippen LogP contribution in [0.1, 0.15) is 65.2 Å². The van der Waals surface area contributed by atoms with Crippen LogP contribution in [0.25, 0.3) is 0 Å². The number of urea groups is 2. The fraction of sp³-hybridized carbons (Fsp3) is 0.700. The summed E-state index contributed by atoms with van der Waals surface area (Å²) in [6.45, 7) is 6.18. The van der Waals surface area contributed by atoms with E-state index in [1.807, 2.05) is 0 Å². The van der Waals surface area contributed by atoms with Gasteiger partial charge in [-0.1, -0.05) is 64.2 Å². The molecule has 146 valence electrons. The second kappa shape index (κ2) is 19.0. The number of rotatable bonds is 12. The number of carbonyl (C=O) groups is 2. The van der Waals surface area contributed by atoms with Crippen molar-refractivity contribution in [2.75, 3.05) is 26.2 Å². The SMILES string of the molecule is CCCCCCNC(=O)NCC#CC#CCNC(=O)NCCCCCC. The molecule has 0 atom stereocenters. The van der Waals surface area contributed by atoms with E-state index in [9.17, 15) is 9.59 Å². The van der Waals surface area contributed by atoms with E-state index < -0.39 is 0 Å². The molecule has 4 amide bonds. The highest BCUT2D eigenvalue weighted by molar-refractivity contribution is 5.74. The maximum absolute atomic E-state index is 11.4. The monoisotopic (exact) mass is 362 g/mol. The first-order chi connectivity index (χ1) is 12.7. The number of carbonyl (C=O) groups excluding carboxylic acids is 2. The predicted octanol–water partition coefficient (Wildman–Crippen LogP) is 2.75. The molecule has 0 bridgehead atoms. The lowest BCUT2D eigenvalue weighted by molar-refractivity contribution is 0.241. The Balaban J connectivity index is 3.58. The minimum atomic E-state index is -0.207. The molecule has 0 spiro atoms. The van der Waals surface area contributed by atoms with E-state index in [1.165, 1.54) is 25.7 Å². The summed E-state index contributed by atoms with van der Waals surface area (Å²) in [7, 11) is 0. The molecule has 0 rings (SSSR count). The quantitative estimate of drug-likeness (QED) is 0.318. The van der Waals surface area contributed by atoms with Gasteiger partial charge in [-0.2, -0.15) is 0 Å². The van der Waals surface area contributed by atoms with Crippen LogP contribution in [-0.2, 0) is 0 Å². The molecule has 6 heteroatoms. The first-order valence-corrected chi connectivity index (χ1v) is 9.69. The van der Waals surface area contributed by atoms with Crippen molar-refractivity contribution in [3.8, 4) is 23.7 Å². The molecule has 0 aromatic heterocycles. The van der Waals surface area contributed by atoms with Crippen LogP contribution in [0.5, 0.6) is 0 Å². The van der Waals surface area contributed by atoms with Crippen molar-refractivity contribution < 1.29 is 9.59 Å². The maximum atomic E-state index is 11.4. The highest BCUT2D eigenvalue weighted by Gasteiger charge is 1.97. The molecule has 0 fully saturated rings. The lowest BCUT2D eigenvalue weighted by atomic mass is 10.2. The fourth-order valence-corrected chi connectivity index (χ4v) is 2.06. The van der Waals surface area contributed by atoms with E-state index in [0.717, 1.165) is 25.7 Å². The van der Waals surface area contributed by atoms with Crippen molar-refractivity contribution in [1.82, 2.24) is 21.3 Å². The van der Waals surface area contributed by atoms with Crippen molar-refractivity contribution >= 4 is 12.1 Å². The molecule has 0 heterocycles. The summed E-state index contributed by atoms with van der Waals surface area (Å²) in [4.78, 5) is 22.9. The van der Waals surface area contributed by atoms with Gasteiger partial charge < -0.3 is 21.3 Å². The number of hydrogen-bond donors (Lipinski definition) is 4. The van der Waals surface area contributed by atoms with Crippen molar-refractivity contribution in [2.45, 2.75) is 65.2 Å². The van der Waals surface area contributed by atoms with Crippen LogP contribution in [-0.4, -0.2) is 38.2 Å². The molecular weight excluding hydrogens is 328 g/mol. The molecule has 0 radical (unpaired) electrons. The number of nitrogens with one attached hydrogen (secondary N) is 4. The Bertz CT molecular complexity index is 451. The Morgan fingerprint density at radius 1 is 0.615 bits per heavy atom. The van der Waals surface area contributed by atoms with Gasteiger partial charge in [0.25, 0.3) is 0 Å². The van der Waals surface area contributed by atoms with Gasteiger partial charge in [-0.15, -0.1) is 0 Å². The molecule has 0 aromatic rings. The Kier molecular flexibility index (Phi) is 17.3. The minimum absolute atomic E-state index is 0.207. The van der Waals surface area contributed by atoms with Gasteiger partial charge >= 0.3 is 12.1 Å². The van der Waals surface area contributed by atoms with Crippen LogP contribution in [0.3, 0.4) is 0 Å². The number of hydrogen-bond acceptors (Lipinski definition) is 2. The molecular formula is C20H34N4O2. The first kappa shape index (κ1) is 23.7. The van der Waals surface area contributed by atoms with Gasteiger partial charge in [0.15, 0.2) is 0 Å². The van der Waals surface area contributed by atoms with Crippen LogP contribution in [0.4, 0.5) is 9.59 Å². The zero-order valence-electron chi connectivity index (χ0n) is 16.3. The van der Waals surface area contributed by atoms with E-state index in [4.69, 9.17) is 0 Å². The van der Waals surface area contributed by atoms with Crippen LogP contribution in [0.15, 0.2) is 0 Å². The minimum Gasteiger partial charge on any atom is -0.338 e. The summed E-state index contributed by atoms with van der Waals surface area (Å²) in [6, 6.07) is -0.415. The van der Waals surface area contributed by atoms with Gasteiger partial charge in [0, 0.05) is 13.1 Å². The standard InChI is InChI=1S/C20H34N4O2/c1-3-5-7-11-15-21-19(25)23-17-13-9-10-14-18-24-20(26)22-16-12-8-6-4-2/h3-8,11-12,15-18H2,1-2H3,(H2,21,23,25)(H2,22,24,26). The maximum Gasteiger partial charge on any atom is 0.315 e. The average Bonchev–Trinajstić information content (AvgIpc) is 2.63. The van der Waals surface area contributed by atoms with Crippen LogP contribution in [0, 0.1) is 23.7 Å². The van der Waals surface area contributed by atoms with Gasteiger partial charge in [0.1, 0.15) is 0 Å². The van der Waals surface area contributed by atoms with Crippen molar-refractivity contribution in [1.29, 1.82) is 0 Å². The van der Waals surface area contributed by atoms with Crippen LogP contribution >= 0.6 is 0 Å². The van der Waals surface area contributed by atoms with E-state index in [-0.39, 0.29) is 25.2 Å². The zero-order valence-corrected chi connectivity index (χ0v) is 16.3. The number of unbranched alkanes of at least 4 members (excludes halogenated alkanes) is 6. The molecule has 0 unspecified atom stereocenters. The van der Waals surface area contributed by atoms with Crippen LogP contribution in [0.2, 0.25) is 0 Å². The summed E-state index contributed by atoms with van der Waals surface area (Å²) in [5, 5.41) is 10.9. The topological polar surface area (TPSA) is 82.3 Å². The van der Waals surface area contributed by atoms with Crippen LogP contribution < -0.4 is 21.3 Å². The lowest BCUT2D eigenvalue weighted by Gasteiger charge is -2.04. The molecule has 4 N–H and O–H groups in total. The Hall–Kier alpha value is -2.34. The third kappa shape index (κ3) is 18.0. The first-order valence-electron chi connectivity index (χ1n) is 9.69. The normalized spacial score (nSPS) is 9.15. The Morgan fingerprint density at radius 3 is 1.42 bits per heavy atom. The molecule has 6 nitrogen and oxygen atoms in total. The number of amides is 4. The van der Waals surface area contributed by atoms with Gasteiger partial charge in [0.2, 0.25) is 0 Å². The predicted molar refractivity (Wildman–Crippen MR) is 107 cm³/mol. The van der Waals surface area contributed by atoms with Crippen molar-refractivity contribution in [3.63, 3.8) is 0 Å². The van der Waals surface area contributed by atoms with Gasteiger partial charge in [-0.25, -0.2) is 9.59 Å². The highest BCUT2D eigenvalue weighted by atomic mass is 16.2. The molecule has 0 aliphatic rings. The molecule has 0 saturated carbocycles. The Morgan fingerprint density at radius 2 is 1.04 bits per heavy atom. The van der Waals surface area contributed by atoms with Gasteiger partial charge in [-0.05, 0) is 24.7 Å². The van der Waals surface area contributed by atoms with E-state index in [2.05, 4.69) is 58.8 Å². The summed E-state index contributed by atoms with van der Waals surface area (Å²) in [5.74, 6) is 10.8. The average molecular weight is 363 g/mol. The molecule has 0 aliphatic carbocycles. The zero-order chi connectivity index (χ0) is 19.3. The third-order valence-electron chi connectivity index (χ3n) is 3.55. The fourth-order valence-electron chi connectivity index (χ4n) is 2.06. The molecule has 0 saturated heterocycles. The third-order valence-corrected chi connectivity index (χ3v) is 3.55. The molecule has 0 aliphatic heterocycles. The summed E-state index contributed by atoms with van der Waals surface area (Å²) in [5.41, 5.74) is 0. The van der Waals surface area contributed by atoms with Gasteiger partial charge in [-0.3, -0.25) is 0 Å². The van der Waals surface area contributed by atoms with E-state index in [0.29, 0.717) is 13.1 Å². The molecule has 0 aromatic carbocycles. The Labute approximate surface area is 158 Å². The van der Waals surface area contributed by atoms with E-state index in [1.54, 1.807) is 0 Å². The smallest absolute Gasteiger partial charge is 0.315 e. The van der Waals surface area contributed by atoms with Gasteiger partial charge in [0.05, 0.1) is 13.1 Å². The molecule has 26 heavy (non-hydrogen) atoms. The van der Waals surface area contributed by atoms with E-state index >= 15 is 0 Å². The lowest BCUT2D eigenvalue weighted by Crippen LogP contribution is -2.36. The van der Waals surface area contributed by atoms with Crippen molar-refractivity contribution in [2.24, 2.45) is 0 Å². The summed E-state index contributed by atoms with van der Waals surface area (Å²) >= 11 is 0. The summed E-state index contributed by atoms with van der Waals surface area (Å²) in [6.07, 6.45) is 9.03. The second-order valence-electron chi connectivity index (χ2n) is 5.94. The summed E-state index contributed by atoms with van der Waals surface area (Å²) < 4.78 is 0. The second-order valence-corrected chi connectivity index (χ2v) is 5.94.